The fourth-order valence-corrected chi connectivity index (χ4v) is 3.55. The average molecular weight is 381 g/mol. The zero-order chi connectivity index (χ0) is 18.1. The van der Waals surface area contributed by atoms with Crippen molar-refractivity contribution < 1.29 is 19.1 Å². The number of nitrogens with one attached hydrogen (secondary N) is 1. The van der Waals surface area contributed by atoms with Crippen molar-refractivity contribution in [2.45, 2.75) is 24.1 Å². The van der Waals surface area contributed by atoms with Gasteiger partial charge in [0.1, 0.15) is 5.75 Å². The molecule has 1 heterocycles. The topological polar surface area (TPSA) is 90.4 Å². The van der Waals surface area contributed by atoms with Crippen LogP contribution in [0.1, 0.15) is 18.9 Å². The summed E-state index contributed by atoms with van der Waals surface area (Å²) in [6.45, 7) is 2.11. The number of hydrogen-bond donors (Lipinski definition) is 1. The molecular formula is C16H19N3O4S2. The number of rotatable bonds is 9. The van der Waals surface area contributed by atoms with E-state index in [-0.39, 0.29) is 17.6 Å². The number of methoxy groups -OCH3 is 1. The van der Waals surface area contributed by atoms with Gasteiger partial charge in [-0.2, -0.15) is 0 Å². The number of nitrogens with zero attached hydrogens (tertiary/aromatic N) is 2. The molecule has 1 aromatic carbocycles. The molecule has 2 rings (SSSR count). The standard InChI is InChI=1S/C16H19N3O4S2/c1-3-23-14(21)10-24-16-19-18-15(25-16)17-13(20)9-8-11-6-4-5-7-12(11)22-2/h4-7H,3,8-10H2,1-2H3,(H,17,18,20). The van der Waals surface area contributed by atoms with Crippen molar-refractivity contribution in [2.24, 2.45) is 0 Å². The molecule has 0 spiro atoms. The molecule has 0 saturated heterocycles. The molecule has 0 aliphatic carbocycles. The van der Waals surface area contributed by atoms with Gasteiger partial charge in [-0.1, -0.05) is 41.3 Å². The highest BCUT2D eigenvalue weighted by Crippen LogP contribution is 2.26. The SMILES string of the molecule is CCOC(=O)CSc1nnc(NC(=O)CCc2ccccc2OC)s1. The van der Waals surface area contributed by atoms with Crippen molar-refractivity contribution in [1.29, 1.82) is 0 Å². The average Bonchev–Trinajstić information content (AvgIpc) is 3.06. The second-order valence-electron chi connectivity index (χ2n) is 4.83. The third kappa shape index (κ3) is 6.35. The summed E-state index contributed by atoms with van der Waals surface area (Å²) in [5.41, 5.74) is 0.975. The maximum absolute atomic E-state index is 12.1. The van der Waals surface area contributed by atoms with Crippen LogP contribution in [-0.4, -0.2) is 41.5 Å². The minimum absolute atomic E-state index is 0.149. The van der Waals surface area contributed by atoms with Gasteiger partial charge in [0.05, 0.1) is 19.5 Å². The zero-order valence-electron chi connectivity index (χ0n) is 14.0. The molecule has 0 unspecified atom stereocenters. The van der Waals surface area contributed by atoms with Gasteiger partial charge in [0.15, 0.2) is 4.34 Å². The smallest absolute Gasteiger partial charge is 0.316 e. The third-order valence-corrected chi connectivity index (χ3v) is 5.03. The Balaban J connectivity index is 1.80. The number of esters is 1. The fourth-order valence-electron chi connectivity index (χ4n) is 1.98. The van der Waals surface area contributed by atoms with Crippen molar-refractivity contribution in [2.75, 3.05) is 24.8 Å². The Labute approximate surface area is 154 Å². The molecule has 0 radical (unpaired) electrons. The predicted octanol–water partition coefficient (Wildman–Crippen LogP) is 2.77. The Kier molecular flexibility index (Phi) is 7.68. The number of aromatic nitrogens is 2. The number of anilines is 1. The summed E-state index contributed by atoms with van der Waals surface area (Å²) in [5, 5.41) is 11.0. The number of aryl methyl sites for hydroxylation is 1. The number of ether oxygens (including phenoxy) is 2. The van der Waals surface area contributed by atoms with Crippen LogP contribution in [0.5, 0.6) is 5.75 Å². The number of carbonyl (C=O) groups excluding carboxylic acids is 2. The Morgan fingerprint density at radius 1 is 1.28 bits per heavy atom. The second-order valence-corrected chi connectivity index (χ2v) is 7.03. The molecule has 0 aliphatic rings. The highest BCUT2D eigenvalue weighted by Gasteiger charge is 2.12. The number of thioether (sulfide) groups is 1. The molecule has 7 nitrogen and oxygen atoms in total. The first-order valence-corrected chi connectivity index (χ1v) is 9.46. The summed E-state index contributed by atoms with van der Waals surface area (Å²) >= 11 is 2.46. The van der Waals surface area contributed by atoms with Crippen LogP contribution in [0.15, 0.2) is 28.6 Å². The quantitative estimate of drug-likeness (QED) is 0.406. The molecule has 2 aromatic rings. The molecule has 0 aliphatic heterocycles. The zero-order valence-corrected chi connectivity index (χ0v) is 15.6. The Morgan fingerprint density at radius 3 is 2.84 bits per heavy atom. The summed E-state index contributed by atoms with van der Waals surface area (Å²) in [7, 11) is 1.61. The van der Waals surface area contributed by atoms with Gasteiger partial charge in [0.2, 0.25) is 11.0 Å². The van der Waals surface area contributed by atoms with Crippen molar-refractivity contribution in [3.05, 3.63) is 29.8 Å². The minimum atomic E-state index is -0.301. The fraction of sp³-hybridized carbons (Fsp3) is 0.375. The summed E-state index contributed by atoms with van der Waals surface area (Å²) < 4.78 is 10.7. The lowest BCUT2D eigenvalue weighted by Gasteiger charge is -2.07. The second kappa shape index (κ2) is 10.00. The highest BCUT2D eigenvalue weighted by molar-refractivity contribution is 8.01. The Bertz CT molecular complexity index is 721. The number of carbonyl (C=O) groups is 2. The van der Waals surface area contributed by atoms with Crippen LogP contribution in [0.4, 0.5) is 5.13 Å². The molecule has 1 N–H and O–H groups in total. The van der Waals surface area contributed by atoms with E-state index in [0.29, 0.717) is 28.9 Å². The first-order valence-electron chi connectivity index (χ1n) is 7.66. The number of para-hydroxylation sites is 1. The van der Waals surface area contributed by atoms with E-state index in [4.69, 9.17) is 9.47 Å². The molecule has 9 heteroatoms. The lowest BCUT2D eigenvalue weighted by Crippen LogP contribution is -2.12. The van der Waals surface area contributed by atoms with Crippen LogP contribution in [0, 0.1) is 0 Å². The first-order chi connectivity index (χ1) is 12.1. The van der Waals surface area contributed by atoms with E-state index in [9.17, 15) is 9.59 Å². The van der Waals surface area contributed by atoms with E-state index in [1.807, 2.05) is 24.3 Å². The molecule has 1 amide bonds. The van der Waals surface area contributed by atoms with E-state index in [0.717, 1.165) is 11.3 Å². The summed E-state index contributed by atoms with van der Waals surface area (Å²) in [5.74, 6) is 0.488. The van der Waals surface area contributed by atoms with E-state index in [1.165, 1.54) is 23.1 Å². The first kappa shape index (κ1) is 19.2. The van der Waals surface area contributed by atoms with Crippen LogP contribution in [0.3, 0.4) is 0 Å². The van der Waals surface area contributed by atoms with Gasteiger partial charge in [0, 0.05) is 6.42 Å². The van der Waals surface area contributed by atoms with Crippen molar-refractivity contribution in [1.82, 2.24) is 10.2 Å². The van der Waals surface area contributed by atoms with Gasteiger partial charge in [0.25, 0.3) is 0 Å². The number of benzene rings is 1. The number of amides is 1. The van der Waals surface area contributed by atoms with E-state index in [1.54, 1.807) is 14.0 Å². The maximum atomic E-state index is 12.1. The molecule has 0 bridgehead atoms. The third-order valence-electron chi connectivity index (χ3n) is 3.09. The molecule has 0 saturated carbocycles. The maximum Gasteiger partial charge on any atom is 0.316 e. The largest absolute Gasteiger partial charge is 0.496 e. The van der Waals surface area contributed by atoms with Crippen LogP contribution >= 0.6 is 23.1 Å². The normalized spacial score (nSPS) is 10.3. The van der Waals surface area contributed by atoms with Crippen molar-refractivity contribution in [3.63, 3.8) is 0 Å². The van der Waals surface area contributed by atoms with Gasteiger partial charge >= 0.3 is 5.97 Å². The van der Waals surface area contributed by atoms with Gasteiger partial charge < -0.3 is 14.8 Å². The van der Waals surface area contributed by atoms with E-state index in [2.05, 4.69) is 15.5 Å². The van der Waals surface area contributed by atoms with Crippen molar-refractivity contribution >= 4 is 40.1 Å². The number of hydrogen-bond acceptors (Lipinski definition) is 8. The molecule has 25 heavy (non-hydrogen) atoms. The lowest BCUT2D eigenvalue weighted by molar-refractivity contribution is -0.139. The summed E-state index contributed by atoms with van der Waals surface area (Å²) in [4.78, 5) is 23.4. The van der Waals surface area contributed by atoms with Gasteiger partial charge in [-0.15, -0.1) is 10.2 Å². The van der Waals surface area contributed by atoms with Gasteiger partial charge in [-0.05, 0) is 25.0 Å². The van der Waals surface area contributed by atoms with Crippen molar-refractivity contribution in [3.8, 4) is 5.75 Å². The summed E-state index contributed by atoms with van der Waals surface area (Å²) in [6, 6.07) is 7.60. The molecule has 0 fully saturated rings. The summed E-state index contributed by atoms with van der Waals surface area (Å²) in [6.07, 6.45) is 0.879. The Morgan fingerprint density at radius 2 is 2.08 bits per heavy atom. The lowest BCUT2D eigenvalue weighted by atomic mass is 10.1. The van der Waals surface area contributed by atoms with Crippen LogP contribution in [0.2, 0.25) is 0 Å². The van der Waals surface area contributed by atoms with E-state index >= 15 is 0 Å². The molecular weight excluding hydrogens is 362 g/mol. The monoisotopic (exact) mass is 381 g/mol. The predicted molar refractivity (Wildman–Crippen MR) is 97.2 cm³/mol. The molecule has 1 aromatic heterocycles. The highest BCUT2D eigenvalue weighted by atomic mass is 32.2. The van der Waals surface area contributed by atoms with Gasteiger partial charge in [-0.3, -0.25) is 9.59 Å². The minimum Gasteiger partial charge on any atom is -0.496 e. The Hall–Kier alpha value is -2.13. The van der Waals surface area contributed by atoms with Crippen LogP contribution in [-0.2, 0) is 20.7 Å². The molecule has 0 atom stereocenters. The van der Waals surface area contributed by atoms with Crippen LogP contribution < -0.4 is 10.1 Å². The molecule has 134 valence electrons. The van der Waals surface area contributed by atoms with Crippen LogP contribution in [0.25, 0.3) is 0 Å². The van der Waals surface area contributed by atoms with Gasteiger partial charge in [-0.25, -0.2) is 0 Å². The van der Waals surface area contributed by atoms with E-state index < -0.39 is 0 Å².